The molecule has 1 fully saturated rings. The maximum atomic E-state index is 12.6. The Kier molecular flexibility index (Phi) is 7.52. The fourth-order valence-electron chi connectivity index (χ4n) is 3.34. The van der Waals surface area contributed by atoms with E-state index in [1.54, 1.807) is 13.8 Å². The molecule has 0 spiro atoms. The lowest BCUT2D eigenvalue weighted by molar-refractivity contribution is -0.116. The molecule has 8 nitrogen and oxygen atoms in total. The van der Waals surface area contributed by atoms with E-state index in [2.05, 4.69) is 10.2 Å². The Hall–Kier alpha value is -2.91. The van der Waals surface area contributed by atoms with Crippen LogP contribution < -0.4 is 10.2 Å². The molecule has 2 aromatic rings. The van der Waals surface area contributed by atoms with Gasteiger partial charge >= 0.3 is 0 Å². The molecule has 1 aliphatic rings. The summed E-state index contributed by atoms with van der Waals surface area (Å²) in [5.74, 6) is -0.685. The van der Waals surface area contributed by atoms with Gasteiger partial charge in [-0.15, -0.1) is 0 Å². The topological polar surface area (TPSA) is 96.0 Å². The van der Waals surface area contributed by atoms with Gasteiger partial charge in [-0.25, -0.2) is 8.42 Å². The Labute approximate surface area is 189 Å². The number of anilines is 2. The number of benzene rings is 2. The van der Waals surface area contributed by atoms with E-state index in [1.165, 1.54) is 36.2 Å². The van der Waals surface area contributed by atoms with E-state index >= 15 is 0 Å². The summed E-state index contributed by atoms with van der Waals surface area (Å²) in [6.45, 7) is 6.17. The van der Waals surface area contributed by atoms with Crippen LogP contribution in [0.2, 0.25) is 0 Å². The molecule has 0 saturated carbocycles. The second kappa shape index (κ2) is 10.1. The van der Waals surface area contributed by atoms with Gasteiger partial charge in [0.2, 0.25) is 5.91 Å². The number of hydrogen-bond donors (Lipinski definition) is 1. The van der Waals surface area contributed by atoms with Crippen molar-refractivity contribution in [1.82, 2.24) is 4.90 Å². The fraction of sp³-hybridized carbons (Fsp3) is 0.391. The molecule has 2 amide bonds. The molecule has 0 aromatic heterocycles. The zero-order chi connectivity index (χ0) is 23.3. The van der Waals surface area contributed by atoms with Gasteiger partial charge in [-0.3, -0.25) is 9.59 Å². The first-order chi connectivity index (χ1) is 15.2. The second-order valence-corrected chi connectivity index (χ2v) is 10.5. The van der Waals surface area contributed by atoms with Crippen molar-refractivity contribution in [3.05, 3.63) is 54.1 Å². The van der Waals surface area contributed by atoms with Crippen molar-refractivity contribution in [2.24, 2.45) is 0 Å². The van der Waals surface area contributed by atoms with Gasteiger partial charge in [0.05, 0.1) is 29.9 Å². The molecule has 1 N–H and O–H groups in total. The third kappa shape index (κ3) is 5.66. The van der Waals surface area contributed by atoms with E-state index in [4.69, 9.17) is 4.74 Å². The highest BCUT2D eigenvalue weighted by Gasteiger charge is 2.21. The minimum absolute atomic E-state index is 0.129. The van der Waals surface area contributed by atoms with Gasteiger partial charge < -0.3 is 19.9 Å². The van der Waals surface area contributed by atoms with E-state index < -0.39 is 15.1 Å². The minimum atomic E-state index is -3.40. The van der Waals surface area contributed by atoms with E-state index in [1.807, 2.05) is 24.3 Å². The summed E-state index contributed by atoms with van der Waals surface area (Å²) in [5, 5.41) is 2.25. The second-order valence-electron chi connectivity index (χ2n) is 7.97. The number of carbonyl (C=O) groups is 2. The number of carbonyl (C=O) groups excluding carboxylic acids is 2. The summed E-state index contributed by atoms with van der Waals surface area (Å²) >= 11 is 0. The first kappa shape index (κ1) is 23.7. The summed E-state index contributed by atoms with van der Waals surface area (Å²) in [6.07, 6.45) is 0. The number of rotatable bonds is 7. The molecule has 32 heavy (non-hydrogen) atoms. The van der Waals surface area contributed by atoms with Crippen LogP contribution in [-0.4, -0.2) is 70.3 Å². The van der Waals surface area contributed by atoms with Crippen LogP contribution in [0.4, 0.5) is 11.4 Å². The molecule has 9 heteroatoms. The molecule has 0 atom stereocenters. The van der Waals surface area contributed by atoms with Crippen LogP contribution in [0.5, 0.6) is 0 Å². The predicted octanol–water partition coefficient (Wildman–Crippen LogP) is 2.42. The van der Waals surface area contributed by atoms with E-state index in [0.29, 0.717) is 24.5 Å². The Balaban J connectivity index is 1.56. The molecule has 0 bridgehead atoms. The Bertz CT molecular complexity index is 1040. The molecule has 2 aromatic carbocycles. The van der Waals surface area contributed by atoms with Crippen molar-refractivity contribution in [1.29, 1.82) is 0 Å². The summed E-state index contributed by atoms with van der Waals surface area (Å²) in [5.41, 5.74) is 2.04. The highest BCUT2D eigenvalue weighted by molar-refractivity contribution is 7.92. The SMILES string of the molecule is CC(C)S(=O)(=O)c1ccc(C(=O)N(C)CC(=O)Nc2ccc(N3CCOCC3)cc2)cc1. The van der Waals surface area contributed by atoms with Crippen LogP contribution in [0.1, 0.15) is 24.2 Å². The molecular formula is C23H29N3O5S. The average molecular weight is 460 g/mol. The van der Waals surface area contributed by atoms with Gasteiger partial charge in [0, 0.05) is 37.1 Å². The molecule has 172 valence electrons. The minimum Gasteiger partial charge on any atom is -0.378 e. The number of nitrogens with one attached hydrogen (secondary N) is 1. The monoisotopic (exact) mass is 459 g/mol. The first-order valence-electron chi connectivity index (χ1n) is 10.5. The fourth-order valence-corrected chi connectivity index (χ4v) is 4.40. The summed E-state index contributed by atoms with van der Waals surface area (Å²) in [7, 11) is -1.87. The number of nitrogens with zero attached hydrogens (tertiary/aromatic N) is 2. The largest absolute Gasteiger partial charge is 0.378 e. The van der Waals surface area contributed by atoms with Crippen LogP contribution in [0.25, 0.3) is 0 Å². The van der Waals surface area contributed by atoms with Crippen molar-refractivity contribution in [2.75, 3.05) is 50.1 Å². The normalized spacial score (nSPS) is 14.3. The number of ether oxygens (including phenoxy) is 1. The average Bonchev–Trinajstić information content (AvgIpc) is 2.79. The molecule has 1 saturated heterocycles. The molecular weight excluding hydrogens is 430 g/mol. The van der Waals surface area contributed by atoms with Gasteiger partial charge in [0.15, 0.2) is 9.84 Å². The Morgan fingerprint density at radius 1 is 1.03 bits per heavy atom. The molecule has 1 heterocycles. The van der Waals surface area contributed by atoms with Crippen molar-refractivity contribution in [2.45, 2.75) is 24.0 Å². The predicted molar refractivity (Wildman–Crippen MR) is 124 cm³/mol. The zero-order valence-corrected chi connectivity index (χ0v) is 19.4. The van der Waals surface area contributed by atoms with Crippen LogP contribution >= 0.6 is 0 Å². The number of likely N-dealkylation sites (N-methyl/N-ethyl adjacent to an activating group) is 1. The van der Waals surface area contributed by atoms with Crippen molar-refractivity contribution in [3.63, 3.8) is 0 Å². The van der Waals surface area contributed by atoms with E-state index in [9.17, 15) is 18.0 Å². The van der Waals surface area contributed by atoms with Gasteiger partial charge in [-0.1, -0.05) is 0 Å². The van der Waals surface area contributed by atoms with E-state index in [0.717, 1.165) is 18.8 Å². The summed E-state index contributed by atoms with van der Waals surface area (Å²) < 4.78 is 29.8. The molecule has 1 aliphatic heterocycles. The standard InChI is InChI=1S/C23H29N3O5S/c1-17(2)32(29,30)21-10-4-18(5-11-21)23(28)25(3)16-22(27)24-19-6-8-20(9-7-19)26-12-14-31-15-13-26/h4-11,17H,12-16H2,1-3H3,(H,24,27). The number of morpholine rings is 1. The van der Waals surface area contributed by atoms with Gasteiger partial charge in [0.25, 0.3) is 5.91 Å². The molecule has 3 rings (SSSR count). The highest BCUT2D eigenvalue weighted by atomic mass is 32.2. The zero-order valence-electron chi connectivity index (χ0n) is 18.6. The number of sulfone groups is 1. The smallest absolute Gasteiger partial charge is 0.254 e. The van der Waals surface area contributed by atoms with E-state index in [-0.39, 0.29) is 23.3 Å². The lowest BCUT2D eigenvalue weighted by Crippen LogP contribution is -2.36. The Morgan fingerprint density at radius 2 is 1.62 bits per heavy atom. The van der Waals surface area contributed by atoms with Crippen molar-refractivity contribution < 1.29 is 22.7 Å². The van der Waals surface area contributed by atoms with Crippen LogP contribution in [0, 0.1) is 0 Å². The lowest BCUT2D eigenvalue weighted by atomic mass is 10.2. The number of amides is 2. The summed E-state index contributed by atoms with van der Waals surface area (Å²) in [6, 6.07) is 13.3. The number of hydrogen-bond acceptors (Lipinski definition) is 6. The highest BCUT2D eigenvalue weighted by Crippen LogP contribution is 2.19. The maximum absolute atomic E-state index is 12.6. The van der Waals surface area contributed by atoms with Crippen LogP contribution in [0.15, 0.2) is 53.4 Å². The van der Waals surface area contributed by atoms with Gasteiger partial charge in [-0.05, 0) is 62.4 Å². The molecule has 0 unspecified atom stereocenters. The van der Waals surface area contributed by atoms with Gasteiger partial charge in [0.1, 0.15) is 0 Å². The first-order valence-corrected chi connectivity index (χ1v) is 12.0. The quantitative estimate of drug-likeness (QED) is 0.683. The molecule has 0 aliphatic carbocycles. The van der Waals surface area contributed by atoms with Crippen LogP contribution in [-0.2, 0) is 19.4 Å². The summed E-state index contributed by atoms with van der Waals surface area (Å²) in [4.78, 5) is 28.7. The third-order valence-electron chi connectivity index (χ3n) is 5.31. The third-order valence-corrected chi connectivity index (χ3v) is 7.48. The van der Waals surface area contributed by atoms with Crippen LogP contribution in [0.3, 0.4) is 0 Å². The molecule has 0 radical (unpaired) electrons. The van der Waals surface area contributed by atoms with Crippen molar-refractivity contribution in [3.8, 4) is 0 Å². The Morgan fingerprint density at radius 3 is 2.19 bits per heavy atom. The lowest BCUT2D eigenvalue weighted by Gasteiger charge is -2.28. The van der Waals surface area contributed by atoms with Crippen molar-refractivity contribution >= 4 is 33.0 Å². The maximum Gasteiger partial charge on any atom is 0.254 e. The van der Waals surface area contributed by atoms with Gasteiger partial charge in [-0.2, -0.15) is 0 Å².